The fourth-order valence-electron chi connectivity index (χ4n) is 9.05. The van der Waals surface area contributed by atoms with E-state index in [0.29, 0.717) is 66.3 Å². The number of piperidine rings is 2. The van der Waals surface area contributed by atoms with Gasteiger partial charge in [-0.05, 0) is 56.7 Å². The molecule has 17 heteroatoms. The lowest BCUT2D eigenvalue weighted by Crippen LogP contribution is -2.53. The Balaban J connectivity index is 0.852. The molecule has 0 aliphatic carbocycles. The van der Waals surface area contributed by atoms with Crippen LogP contribution >= 0.6 is 0 Å². The molecule has 1 aromatic heterocycles. The van der Waals surface area contributed by atoms with Gasteiger partial charge in [-0.1, -0.05) is 13.0 Å². The van der Waals surface area contributed by atoms with Crippen LogP contribution < -0.4 is 31.3 Å². The molecule has 5 aliphatic rings. The van der Waals surface area contributed by atoms with Crippen LogP contribution in [0, 0.1) is 5.82 Å². The lowest BCUT2D eigenvalue weighted by molar-refractivity contribution is -0.136. The number of nitrogens with two attached hydrogens (primary N) is 1. The first-order chi connectivity index (χ1) is 28.6. The molecule has 2 aromatic carbocycles. The van der Waals surface area contributed by atoms with Crippen molar-refractivity contribution in [3.8, 4) is 5.75 Å². The third kappa shape index (κ3) is 8.54. The Bertz CT molecular complexity index is 2100. The summed E-state index contributed by atoms with van der Waals surface area (Å²) in [7, 11) is 1.65. The first-order valence-electron chi connectivity index (χ1n) is 20.8. The van der Waals surface area contributed by atoms with Crippen LogP contribution in [0.15, 0.2) is 30.3 Å². The Morgan fingerprint density at radius 1 is 0.983 bits per heavy atom. The quantitative estimate of drug-likeness (QED) is 0.196. The van der Waals surface area contributed by atoms with E-state index in [1.165, 1.54) is 4.90 Å². The molecule has 0 saturated carbocycles. The van der Waals surface area contributed by atoms with Crippen molar-refractivity contribution in [2.24, 2.45) is 5.73 Å². The second-order valence-electron chi connectivity index (χ2n) is 16.0. The van der Waals surface area contributed by atoms with Gasteiger partial charge in [0.15, 0.2) is 17.3 Å². The predicted octanol–water partition coefficient (Wildman–Crippen LogP) is 3.17. The van der Waals surface area contributed by atoms with Crippen LogP contribution in [-0.4, -0.2) is 126 Å². The topological polar surface area (TPSA) is 188 Å². The van der Waals surface area contributed by atoms with E-state index in [0.717, 1.165) is 70.6 Å². The molecule has 1 atom stereocenters. The molecule has 6 heterocycles. The fraction of sp³-hybridized carbons (Fsp3) is 0.524. The zero-order valence-electron chi connectivity index (χ0n) is 33.7. The number of hydrogen-bond acceptors (Lipinski definition) is 13. The van der Waals surface area contributed by atoms with Gasteiger partial charge >= 0.3 is 0 Å². The van der Waals surface area contributed by atoms with Gasteiger partial charge in [0.25, 0.3) is 11.8 Å². The summed E-state index contributed by atoms with van der Waals surface area (Å²) in [5, 5.41) is 9.08. The summed E-state index contributed by atoms with van der Waals surface area (Å²) in [5.41, 5.74) is 9.37. The minimum atomic E-state index is -0.774. The summed E-state index contributed by atoms with van der Waals surface area (Å²) in [5.74, 6) is -0.657. The number of carbonyl (C=O) groups excluding carboxylic acids is 4. The van der Waals surface area contributed by atoms with Gasteiger partial charge < -0.3 is 35.6 Å². The second kappa shape index (κ2) is 17.5. The molecule has 59 heavy (non-hydrogen) atoms. The zero-order valence-corrected chi connectivity index (χ0v) is 33.7. The maximum absolute atomic E-state index is 15.9. The molecule has 4 fully saturated rings. The summed E-state index contributed by atoms with van der Waals surface area (Å²) in [6.07, 6.45) is 4.69. The van der Waals surface area contributed by atoms with Crippen LogP contribution in [0.25, 0.3) is 0 Å². The highest BCUT2D eigenvalue weighted by Crippen LogP contribution is 2.36. The highest BCUT2D eigenvalue weighted by Gasteiger charge is 2.41. The van der Waals surface area contributed by atoms with Crippen LogP contribution in [0.5, 0.6) is 5.75 Å². The molecule has 0 spiro atoms. The van der Waals surface area contributed by atoms with E-state index in [1.807, 2.05) is 25.1 Å². The lowest BCUT2D eigenvalue weighted by Gasteiger charge is -2.43. The molecule has 3 aromatic rings. The summed E-state index contributed by atoms with van der Waals surface area (Å²) < 4.78 is 27.2. The number of aromatic nitrogens is 2. The molecule has 1 unspecified atom stereocenters. The van der Waals surface area contributed by atoms with Gasteiger partial charge in [-0.2, -0.15) is 0 Å². The van der Waals surface area contributed by atoms with E-state index in [4.69, 9.17) is 20.2 Å². The number of imide groups is 1. The van der Waals surface area contributed by atoms with Crippen molar-refractivity contribution in [3.05, 3.63) is 64.2 Å². The number of benzene rings is 2. The maximum Gasteiger partial charge on any atom is 0.271 e. The average Bonchev–Trinajstić information content (AvgIpc) is 3.58. The van der Waals surface area contributed by atoms with Crippen molar-refractivity contribution in [3.63, 3.8) is 0 Å². The Morgan fingerprint density at radius 3 is 2.44 bits per heavy atom. The number of nitrogens with zero attached hydrogens (tertiary/aromatic N) is 6. The number of rotatable bonds is 12. The van der Waals surface area contributed by atoms with Crippen LogP contribution in [0.2, 0.25) is 0 Å². The molecule has 314 valence electrons. The molecular formula is C42H53FN10O6. The van der Waals surface area contributed by atoms with E-state index in [1.54, 1.807) is 19.2 Å². The average molecular weight is 813 g/mol. The molecule has 0 radical (unpaired) electrons. The minimum absolute atomic E-state index is 0.0238. The van der Waals surface area contributed by atoms with Crippen molar-refractivity contribution in [2.75, 3.05) is 75.1 Å². The van der Waals surface area contributed by atoms with Gasteiger partial charge in [-0.3, -0.25) is 34.3 Å². The zero-order chi connectivity index (χ0) is 41.2. The number of primary amides is 1. The first kappa shape index (κ1) is 40.4. The van der Waals surface area contributed by atoms with Crippen LogP contribution in [0.1, 0.15) is 83.1 Å². The van der Waals surface area contributed by atoms with Gasteiger partial charge in [0.2, 0.25) is 11.8 Å². The summed E-state index contributed by atoms with van der Waals surface area (Å²) in [6, 6.07) is 9.11. The SMILES string of the molecule is CCc1nc(C(N)=O)c(Nc2ccc(N3CCC(N4CCN(Cc5ccc6c(c5F)CN(C5CCC(=O)NC5=O)C6=O)CC4)CC3)c(OC)c2)nc1NC1CCOCC1. The molecule has 0 bridgehead atoms. The normalized spacial score (nSPS) is 21.1. The van der Waals surface area contributed by atoms with E-state index in [9.17, 15) is 19.2 Å². The maximum atomic E-state index is 15.9. The lowest BCUT2D eigenvalue weighted by atomic mass is 10.0. The number of piperazine rings is 1. The number of aryl methyl sites for hydroxylation is 1. The molecule has 16 nitrogen and oxygen atoms in total. The van der Waals surface area contributed by atoms with Gasteiger partial charge in [0, 0.05) is 106 Å². The van der Waals surface area contributed by atoms with E-state index < -0.39 is 17.9 Å². The van der Waals surface area contributed by atoms with Crippen molar-refractivity contribution in [1.29, 1.82) is 0 Å². The fourth-order valence-corrected chi connectivity index (χ4v) is 9.05. The molecular weight excluding hydrogens is 760 g/mol. The molecule has 5 aliphatic heterocycles. The Hall–Kier alpha value is -5.39. The third-order valence-electron chi connectivity index (χ3n) is 12.4. The van der Waals surface area contributed by atoms with Gasteiger partial charge in [-0.15, -0.1) is 0 Å². The highest BCUT2D eigenvalue weighted by atomic mass is 19.1. The van der Waals surface area contributed by atoms with Crippen LogP contribution in [0.4, 0.5) is 27.4 Å². The highest BCUT2D eigenvalue weighted by molar-refractivity contribution is 6.05. The number of fused-ring (bicyclic) bond motifs is 1. The molecule has 4 saturated heterocycles. The van der Waals surface area contributed by atoms with Crippen molar-refractivity contribution in [2.45, 2.75) is 83.1 Å². The van der Waals surface area contributed by atoms with Crippen LogP contribution in [0.3, 0.4) is 0 Å². The number of nitrogens with one attached hydrogen (secondary N) is 3. The number of ether oxygens (including phenoxy) is 2. The van der Waals surface area contributed by atoms with Gasteiger partial charge in [0.05, 0.1) is 25.0 Å². The van der Waals surface area contributed by atoms with Gasteiger partial charge in [0.1, 0.15) is 17.6 Å². The number of halogens is 1. The van der Waals surface area contributed by atoms with Crippen molar-refractivity contribution >= 4 is 46.6 Å². The van der Waals surface area contributed by atoms with E-state index in [-0.39, 0.29) is 60.1 Å². The summed E-state index contributed by atoms with van der Waals surface area (Å²) >= 11 is 0. The number of hydrogen-bond donors (Lipinski definition) is 4. The first-order valence-corrected chi connectivity index (χ1v) is 20.8. The van der Waals surface area contributed by atoms with Gasteiger partial charge in [-0.25, -0.2) is 14.4 Å². The number of anilines is 4. The standard InChI is InChI=1S/C42H53FN10O6/c1-3-31-39(45-26-12-20-59-21-13-26)49-40(37(47-31)38(44)55)46-27-5-7-32(34(22-27)58-2)52-14-10-28(11-15-52)51-18-16-50(17-19-51)23-25-4-6-29-30(36(25)43)24-53(42(29)57)33-8-9-35(54)48-41(33)56/h4-7,22,26,28,33H,3,8-21,23-24H2,1-2H3,(H2,44,55)(H2,45,46,49)(H,48,54,56). The van der Waals surface area contributed by atoms with E-state index in [2.05, 4.69) is 35.6 Å². The third-order valence-corrected chi connectivity index (χ3v) is 12.4. The number of methoxy groups -OCH3 is 1. The summed E-state index contributed by atoms with van der Waals surface area (Å²) in [4.78, 5) is 67.6. The Labute approximate surface area is 343 Å². The number of carbonyl (C=O) groups is 4. The Morgan fingerprint density at radius 2 is 1.75 bits per heavy atom. The minimum Gasteiger partial charge on any atom is -0.495 e. The smallest absolute Gasteiger partial charge is 0.271 e. The second-order valence-corrected chi connectivity index (χ2v) is 16.0. The van der Waals surface area contributed by atoms with E-state index >= 15 is 4.39 Å². The molecule has 4 amide bonds. The van der Waals surface area contributed by atoms with Crippen molar-refractivity contribution in [1.82, 2.24) is 30.0 Å². The van der Waals surface area contributed by atoms with Crippen molar-refractivity contribution < 1.29 is 33.0 Å². The predicted molar refractivity (Wildman–Crippen MR) is 218 cm³/mol. The number of amides is 4. The monoisotopic (exact) mass is 812 g/mol. The Kier molecular flexibility index (Phi) is 11.9. The molecule has 8 rings (SSSR count). The summed E-state index contributed by atoms with van der Waals surface area (Å²) in [6.45, 7) is 8.89. The largest absolute Gasteiger partial charge is 0.495 e. The van der Waals surface area contributed by atoms with Crippen LogP contribution in [-0.2, 0) is 33.8 Å². The molecule has 5 N–H and O–H groups in total.